The molecule has 1 fully saturated rings. The molecule has 2 amide bonds. The minimum Gasteiger partial charge on any atom is -0.467 e. The summed E-state index contributed by atoms with van der Waals surface area (Å²) in [5.74, 6) is 0.227. The van der Waals surface area contributed by atoms with Crippen LogP contribution in [0.5, 0.6) is 0 Å². The van der Waals surface area contributed by atoms with Gasteiger partial charge in [0.2, 0.25) is 5.91 Å². The molecule has 0 saturated carbocycles. The molecule has 2 aromatic rings. The number of furan rings is 1. The molecule has 0 aliphatic carbocycles. The van der Waals surface area contributed by atoms with Crippen LogP contribution in [0, 0.1) is 11.3 Å². The van der Waals surface area contributed by atoms with Crippen molar-refractivity contribution >= 4 is 12.0 Å². The number of ether oxygens (including phenoxy) is 1. The fourth-order valence-corrected chi connectivity index (χ4v) is 3.77. The fraction of sp³-hybridized carbons (Fsp3) is 0.391. The first-order chi connectivity index (χ1) is 13.8. The molecule has 3 rings (SSSR count). The summed E-state index contributed by atoms with van der Waals surface area (Å²) in [5.41, 5.74) is 0.539. The Balaban J connectivity index is 1.76. The third-order valence-electron chi connectivity index (χ3n) is 5.18. The van der Waals surface area contributed by atoms with Crippen molar-refractivity contribution in [1.29, 1.82) is 0 Å². The molecule has 0 unspecified atom stereocenters. The molecule has 1 aliphatic heterocycles. The summed E-state index contributed by atoms with van der Waals surface area (Å²) in [7, 11) is 0. The maximum absolute atomic E-state index is 13.0. The smallest absolute Gasteiger partial charge is 0.407 e. The van der Waals surface area contributed by atoms with Crippen LogP contribution in [0.25, 0.3) is 0 Å². The Morgan fingerprint density at radius 2 is 2.00 bits per heavy atom. The SMILES string of the molecule is C=CCN1C(=O)[C@H]([C@@H](NC(=O)OCc2ccccc2)C(C)(C)C)[C@H]1c1ccco1. The summed E-state index contributed by atoms with van der Waals surface area (Å²) in [6.07, 6.45) is 2.74. The molecular weight excluding hydrogens is 368 g/mol. The van der Waals surface area contributed by atoms with Crippen LogP contribution in [0.15, 0.2) is 65.8 Å². The number of benzene rings is 1. The standard InChI is InChI=1S/C23H28N2O4/c1-5-13-25-19(17-12-9-14-28-17)18(21(25)26)20(23(2,3)4)24-22(27)29-15-16-10-7-6-8-11-16/h5-12,14,18-20H,1,13,15H2,2-4H3,(H,24,27)/t18-,19+,20+/m0/s1. The van der Waals surface area contributed by atoms with E-state index in [9.17, 15) is 9.59 Å². The highest BCUT2D eigenvalue weighted by molar-refractivity contribution is 5.88. The van der Waals surface area contributed by atoms with Crippen molar-refractivity contribution in [1.82, 2.24) is 10.2 Å². The molecule has 2 heterocycles. The van der Waals surface area contributed by atoms with Gasteiger partial charge in [-0.1, -0.05) is 57.2 Å². The molecular formula is C23H28N2O4. The van der Waals surface area contributed by atoms with E-state index in [-0.39, 0.29) is 24.0 Å². The van der Waals surface area contributed by atoms with E-state index in [2.05, 4.69) is 11.9 Å². The van der Waals surface area contributed by atoms with Gasteiger partial charge < -0.3 is 19.4 Å². The van der Waals surface area contributed by atoms with E-state index in [1.807, 2.05) is 57.2 Å². The second-order valence-corrected chi connectivity index (χ2v) is 8.32. The van der Waals surface area contributed by atoms with Crippen LogP contribution < -0.4 is 5.32 Å². The predicted molar refractivity (Wildman–Crippen MR) is 110 cm³/mol. The number of carbonyl (C=O) groups is 2. The normalized spacial score (nSPS) is 20.0. The number of hydrogen-bond donors (Lipinski definition) is 1. The second-order valence-electron chi connectivity index (χ2n) is 8.32. The van der Waals surface area contributed by atoms with E-state index in [4.69, 9.17) is 9.15 Å². The van der Waals surface area contributed by atoms with Gasteiger partial charge in [-0.15, -0.1) is 6.58 Å². The second kappa shape index (κ2) is 8.55. The van der Waals surface area contributed by atoms with E-state index < -0.39 is 18.1 Å². The van der Waals surface area contributed by atoms with Crippen molar-refractivity contribution in [2.75, 3.05) is 6.54 Å². The lowest BCUT2D eigenvalue weighted by atomic mass is 9.70. The van der Waals surface area contributed by atoms with Gasteiger partial charge in [-0.25, -0.2) is 4.79 Å². The molecule has 1 aromatic heterocycles. The number of amides is 2. The molecule has 3 atom stereocenters. The van der Waals surface area contributed by atoms with Gasteiger partial charge in [0.05, 0.1) is 18.2 Å². The van der Waals surface area contributed by atoms with Crippen molar-refractivity contribution < 1.29 is 18.7 Å². The number of rotatable bonds is 7. The van der Waals surface area contributed by atoms with Gasteiger partial charge in [-0.2, -0.15) is 0 Å². The number of likely N-dealkylation sites (tertiary alicyclic amines) is 1. The van der Waals surface area contributed by atoms with Crippen molar-refractivity contribution in [3.63, 3.8) is 0 Å². The number of nitrogens with zero attached hydrogens (tertiary/aromatic N) is 1. The summed E-state index contributed by atoms with van der Waals surface area (Å²) >= 11 is 0. The van der Waals surface area contributed by atoms with Crippen molar-refractivity contribution in [3.05, 3.63) is 72.7 Å². The fourth-order valence-electron chi connectivity index (χ4n) is 3.77. The predicted octanol–water partition coefficient (Wildman–Crippen LogP) is 4.31. The van der Waals surface area contributed by atoms with E-state index in [1.54, 1.807) is 23.3 Å². The van der Waals surface area contributed by atoms with E-state index >= 15 is 0 Å². The van der Waals surface area contributed by atoms with Crippen LogP contribution in [0.1, 0.15) is 38.1 Å². The van der Waals surface area contributed by atoms with E-state index in [0.29, 0.717) is 12.3 Å². The average molecular weight is 396 g/mol. The minimum atomic E-state index is -0.540. The van der Waals surface area contributed by atoms with Gasteiger partial charge in [0, 0.05) is 6.54 Å². The van der Waals surface area contributed by atoms with Crippen molar-refractivity contribution in [2.24, 2.45) is 11.3 Å². The quantitative estimate of drug-likeness (QED) is 0.559. The molecule has 29 heavy (non-hydrogen) atoms. The molecule has 0 radical (unpaired) electrons. The molecule has 6 nitrogen and oxygen atoms in total. The Morgan fingerprint density at radius 1 is 1.28 bits per heavy atom. The van der Waals surface area contributed by atoms with Crippen LogP contribution in [-0.2, 0) is 16.1 Å². The molecule has 1 saturated heterocycles. The number of carbonyl (C=O) groups excluding carboxylic acids is 2. The highest BCUT2D eigenvalue weighted by atomic mass is 16.5. The third-order valence-corrected chi connectivity index (χ3v) is 5.18. The average Bonchev–Trinajstić information content (AvgIpc) is 3.21. The zero-order chi connectivity index (χ0) is 21.0. The largest absolute Gasteiger partial charge is 0.467 e. The topological polar surface area (TPSA) is 71.8 Å². The van der Waals surface area contributed by atoms with Crippen LogP contribution in [-0.4, -0.2) is 29.5 Å². The van der Waals surface area contributed by atoms with Crippen molar-refractivity contribution in [2.45, 2.75) is 39.5 Å². The first kappa shape index (κ1) is 20.7. The van der Waals surface area contributed by atoms with Gasteiger partial charge in [-0.05, 0) is 23.1 Å². The third kappa shape index (κ3) is 4.53. The van der Waals surface area contributed by atoms with Crippen LogP contribution in [0.2, 0.25) is 0 Å². The molecule has 0 bridgehead atoms. The Kier molecular flexibility index (Phi) is 6.11. The lowest BCUT2D eigenvalue weighted by molar-refractivity contribution is -0.162. The molecule has 6 heteroatoms. The Labute approximate surface area is 171 Å². The first-order valence-electron chi connectivity index (χ1n) is 9.75. The van der Waals surface area contributed by atoms with Gasteiger partial charge in [0.1, 0.15) is 18.4 Å². The number of hydrogen-bond acceptors (Lipinski definition) is 4. The highest BCUT2D eigenvalue weighted by Crippen LogP contribution is 2.45. The maximum Gasteiger partial charge on any atom is 0.407 e. The Morgan fingerprint density at radius 3 is 2.59 bits per heavy atom. The van der Waals surface area contributed by atoms with Crippen LogP contribution >= 0.6 is 0 Å². The summed E-state index contributed by atoms with van der Waals surface area (Å²) in [6, 6.07) is 12.5. The molecule has 1 aliphatic rings. The molecule has 1 N–H and O–H groups in total. The lowest BCUT2D eigenvalue weighted by Crippen LogP contribution is -2.65. The number of β-lactam (4-membered cyclic amide) rings is 1. The summed E-state index contributed by atoms with van der Waals surface area (Å²) in [5, 5.41) is 2.94. The monoisotopic (exact) mass is 396 g/mol. The van der Waals surface area contributed by atoms with Crippen LogP contribution in [0.4, 0.5) is 4.79 Å². The summed E-state index contributed by atoms with van der Waals surface area (Å²) in [6.45, 7) is 10.3. The van der Waals surface area contributed by atoms with E-state index in [1.165, 1.54) is 0 Å². The number of alkyl carbamates (subject to hydrolysis) is 1. The minimum absolute atomic E-state index is 0.0328. The summed E-state index contributed by atoms with van der Waals surface area (Å²) < 4.78 is 11.0. The summed E-state index contributed by atoms with van der Waals surface area (Å²) in [4.78, 5) is 27.2. The zero-order valence-electron chi connectivity index (χ0n) is 17.1. The Hall–Kier alpha value is -3.02. The first-order valence-corrected chi connectivity index (χ1v) is 9.75. The molecule has 154 valence electrons. The molecule has 1 aromatic carbocycles. The van der Waals surface area contributed by atoms with Gasteiger partial charge in [0.25, 0.3) is 0 Å². The lowest BCUT2D eigenvalue weighted by Gasteiger charge is -2.51. The van der Waals surface area contributed by atoms with Gasteiger partial charge >= 0.3 is 6.09 Å². The van der Waals surface area contributed by atoms with E-state index in [0.717, 1.165) is 5.56 Å². The van der Waals surface area contributed by atoms with Gasteiger partial charge in [0.15, 0.2) is 0 Å². The zero-order valence-corrected chi connectivity index (χ0v) is 17.1. The number of nitrogens with one attached hydrogen (secondary N) is 1. The maximum atomic E-state index is 13.0. The molecule has 0 spiro atoms. The van der Waals surface area contributed by atoms with Crippen molar-refractivity contribution in [3.8, 4) is 0 Å². The Bertz CT molecular complexity index is 840. The highest BCUT2D eigenvalue weighted by Gasteiger charge is 2.55. The van der Waals surface area contributed by atoms with Gasteiger partial charge in [-0.3, -0.25) is 4.79 Å². The van der Waals surface area contributed by atoms with Crippen LogP contribution in [0.3, 0.4) is 0 Å².